The molecular formula is C13H27NO3. The van der Waals surface area contributed by atoms with Gasteiger partial charge in [-0.15, -0.1) is 0 Å². The maximum absolute atomic E-state index is 11.2. The third-order valence-corrected chi connectivity index (χ3v) is 2.46. The summed E-state index contributed by atoms with van der Waals surface area (Å²) in [6, 6.07) is 0.0210. The molecule has 0 saturated carbocycles. The van der Waals surface area contributed by atoms with Gasteiger partial charge in [0.1, 0.15) is 0 Å². The van der Waals surface area contributed by atoms with E-state index in [1.54, 1.807) is 6.92 Å². The van der Waals surface area contributed by atoms with Gasteiger partial charge in [0, 0.05) is 12.6 Å². The molecule has 0 aliphatic rings. The second-order valence-corrected chi connectivity index (χ2v) is 5.39. The van der Waals surface area contributed by atoms with Crippen molar-refractivity contribution in [3.05, 3.63) is 0 Å². The van der Waals surface area contributed by atoms with Crippen molar-refractivity contribution in [1.82, 2.24) is 5.32 Å². The van der Waals surface area contributed by atoms with Gasteiger partial charge in [-0.3, -0.25) is 4.79 Å². The van der Waals surface area contributed by atoms with Gasteiger partial charge >= 0.3 is 5.97 Å². The highest BCUT2D eigenvalue weighted by Crippen LogP contribution is 2.15. The van der Waals surface area contributed by atoms with Gasteiger partial charge in [-0.05, 0) is 33.1 Å². The highest BCUT2D eigenvalue weighted by Gasteiger charge is 2.22. The van der Waals surface area contributed by atoms with Crippen molar-refractivity contribution in [1.29, 1.82) is 0 Å². The molecule has 0 aromatic rings. The number of carbonyl (C=O) groups excluding carboxylic acids is 1. The van der Waals surface area contributed by atoms with Gasteiger partial charge in [-0.2, -0.15) is 0 Å². The van der Waals surface area contributed by atoms with E-state index in [0.29, 0.717) is 25.5 Å². The molecule has 0 amide bonds. The third kappa shape index (κ3) is 9.12. The lowest BCUT2D eigenvalue weighted by atomic mass is 9.94. The monoisotopic (exact) mass is 245 g/mol. The molecule has 2 unspecified atom stereocenters. The number of rotatable bonds is 8. The van der Waals surface area contributed by atoms with Crippen LogP contribution in [0.15, 0.2) is 0 Å². The summed E-state index contributed by atoms with van der Waals surface area (Å²) in [6.45, 7) is 10.6. The van der Waals surface area contributed by atoms with Crippen molar-refractivity contribution >= 4 is 5.97 Å². The Morgan fingerprint density at radius 2 is 2.00 bits per heavy atom. The van der Waals surface area contributed by atoms with Crippen LogP contribution in [0.25, 0.3) is 0 Å². The molecule has 0 bridgehead atoms. The van der Waals surface area contributed by atoms with E-state index in [9.17, 15) is 9.90 Å². The molecule has 102 valence electrons. The first-order valence-electron chi connectivity index (χ1n) is 6.38. The second-order valence-electron chi connectivity index (χ2n) is 5.39. The lowest BCUT2D eigenvalue weighted by Gasteiger charge is -2.27. The van der Waals surface area contributed by atoms with Crippen LogP contribution < -0.4 is 5.32 Å². The van der Waals surface area contributed by atoms with Crippen LogP contribution in [-0.4, -0.2) is 35.9 Å². The van der Waals surface area contributed by atoms with Crippen LogP contribution in [-0.2, 0) is 9.53 Å². The molecular weight excluding hydrogens is 218 g/mol. The van der Waals surface area contributed by atoms with Crippen LogP contribution >= 0.6 is 0 Å². The molecule has 4 nitrogen and oxygen atoms in total. The van der Waals surface area contributed by atoms with Gasteiger partial charge in [0.05, 0.1) is 18.6 Å². The molecule has 2 N–H and O–H groups in total. The highest BCUT2D eigenvalue weighted by atomic mass is 16.5. The summed E-state index contributed by atoms with van der Waals surface area (Å²) < 4.78 is 4.87. The van der Waals surface area contributed by atoms with Crippen LogP contribution in [0.1, 0.15) is 47.5 Å². The van der Waals surface area contributed by atoms with Gasteiger partial charge in [0.2, 0.25) is 0 Å². The van der Waals surface area contributed by atoms with Crippen molar-refractivity contribution in [2.24, 2.45) is 5.92 Å². The minimum absolute atomic E-state index is 0.0210. The smallest absolute Gasteiger partial charge is 0.307 e. The first-order chi connectivity index (χ1) is 7.76. The molecule has 17 heavy (non-hydrogen) atoms. The minimum atomic E-state index is -0.725. The number of esters is 1. The van der Waals surface area contributed by atoms with E-state index in [4.69, 9.17) is 4.74 Å². The Balaban J connectivity index is 3.89. The summed E-state index contributed by atoms with van der Waals surface area (Å²) in [7, 11) is 0. The standard InChI is InChI=1S/C13H27NO3/c1-6-17-12(15)7-11(4)14-9-13(5,16)8-10(2)3/h10-11,14,16H,6-9H2,1-5H3. The first kappa shape index (κ1) is 16.4. The number of hydrogen-bond acceptors (Lipinski definition) is 4. The zero-order valence-corrected chi connectivity index (χ0v) is 11.7. The van der Waals surface area contributed by atoms with Crippen molar-refractivity contribution < 1.29 is 14.6 Å². The van der Waals surface area contributed by atoms with Crippen LogP contribution in [0.3, 0.4) is 0 Å². The SMILES string of the molecule is CCOC(=O)CC(C)NCC(C)(O)CC(C)C. The Bertz CT molecular complexity index is 227. The molecule has 0 aliphatic carbocycles. The number of aliphatic hydroxyl groups is 1. The Hall–Kier alpha value is -0.610. The fourth-order valence-corrected chi connectivity index (χ4v) is 1.89. The fraction of sp³-hybridized carbons (Fsp3) is 0.923. The summed E-state index contributed by atoms with van der Waals surface area (Å²) in [4.78, 5) is 11.2. The maximum Gasteiger partial charge on any atom is 0.307 e. The number of carbonyl (C=O) groups is 1. The predicted molar refractivity (Wildman–Crippen MR) is 68.8 cm³/mol. The zero-order chi connectivity index (χ0) is 13.5. The molecule has 4 heteroatoms. The lowest BCUT2D eigenvalue weighted by molar-refractivity contribution is -0.143. The van der Waals surface area contributed by atoms with Crippen LogP contribution in [0, 0.1) is 5.92 Å². The van der Waals surface area contributed by atoms with Crippen LogP contribution in [0.4, 0.5) is 0 Å². The largest absolute Gasteiger partial charge is 0.466 e. The van der Waals surface area contributed by atoms with E-state index in [1.807, 2.05) is 13.8 Å². The summed E-state index contributed by atoms with van der Waals surface area (Å²) in [5, 5.41) is 13.3. The molecule has 0 aromatic heterocycles. The molecule has 0 aliphatic heterocycles. The van der Waals surface area contributed by atoms with Gasteiger partial charge < -0.3 is 15.2 Å². The normalized spacial score (nSPS) is 16.6. The molecule has 0 spiro atoms. The van der Waals surface area contributed by atoms with Gasteiger partial charge in [0.25, 0.3) is 0 Å². The molecule has 0 radical (unpaired) electrons. The van der Waals surface area contributed by atoms with E-state index >= 15 is 0 Å². The van der Waals surface area contributed by atoms with Crippen molar-refractivity contribution in [2.75, 3.05) is 13.2 Å². The Labute approximate surface area is 105 Å². The fourth-order valence-electron chi connectivity index (χ4n) is 1.89. The average molecular weight is 245 g/mol. The molecule has 2 atom stereocenters. The Morgan fingerprint density at radius 1 is 1.41 bits per heavy atom. The maximum atomic E-state index is 11.2. The van der Waals surface area contributed by atoms with Crippen molar-refractivity contribution in [3.8, 4) is 0 Å². The van der Waals surface area contributed by atoms with E-state index < -0.39 is 5.60 Å². The van der Waals surface area contributed by atoms with Crippen LogP contribution in [0.2, 0.25) is 0 Å². The first-order valence-corrected chi connectivity index (χ1v) is 6.38. The third-order valence-electron chi connectivity index (χ3n) is 2.46. The minimum Gasteiger partial charge on any atom is -0.466 e. The molecule has 0 heterocycles. The molecule has 0 rings (SSSR count). The number of hydrogen-bond donors (Lipinski definition) is 2. The lowest BCUT2D eigenvalue weighted by Crippen LogP contribution is -2.43. The Morgan fingerprint density at radius 3 is 2.47 bits per heavy atom. The highest BCUT2D eigenvalue weighted by molar-refractivity contribution is 5.69. The molecule has 0 saturated heterocycles. The van der Waals surface area contributed by atoms with E-state index in [0.717, 1.165) is 6.42 Å². The summed E-state index contributed by atoms with van der Waals surface area (Å²) in [5.74, 6) is 0.253. The quantitative estimate of drug-likeness (QED) is 0.639. The van der Waals surface area contributed by atoms with E-state index in [2.05, 4.69) is 19.2 Å². The van der Waals surface area contributed by atoms with Gasteiger partial charge in [-0.1, -0.05) is 13.8 Å². The van der Waals surface area contributed by atoms with Crippen LogP contribution in [0.5, 0.6) is 0 Å². The van der Waals surface area contributed by atoms with Gasteiger partial charge in [0.15, 0.2) is 0 Å². The second kappa shape index (κ2) is 7.67. The summed E-state index contributed by atoms with van der Waals surface area (Å²) in [6.07, 6.45) is 1.08. The summed E-state index contributed by atoms with van der Waals surface area (Å²) in [5.41, 5.74) is -0.725. The summed E-state index contributed by atoms with van der Waals surface area (Å²) >= 11 is 0. The van der Waals surface area contributed by atoms with E-state index in [-0.39, 0.29) is 12.0 Å². The topological polar surface area (TPSA) is 58.6 Å². The average Bonchev–Trinajstić information content (AvgIpc) is 2.13. The molecule has 0 aromatic carbocycles. The zero-order valence-electron chi connectivity index (χ0n) is 11.7. The number of nitrogens with one attached hydrogen (secondary N) is 1. The van der Waals surface area contributed by atoms with Gasteiger partial charge in [-0.25, -0.2) is 0 Å². The van der Waals surface area contributed by atoms with Crippen molar-refractivity contribution in [2.45, 2.75) is 59.1 Å². The van der Waals surface area contributed by atoms with E-state index in [1.165, 1.54) is 0 Å². The van der Waals surface area contributed by atoms with Crippen molar-refractivity contribution in [3.63, 3.8) is 0 Å². The molecule has 0 fully saturated rings. The Kier molecular flexibility index (Phi) is 7.39. The predicted octanol–water partition coefficient (Wildman–Crippen LogP) is 1.71. The number of ether oxygens (including phenoxy) is 1.